The number of ketones is 1. The van der Waals surface area contributed by atoms with Crippen molar-refractivity contribution in [1.29, 1.82) is 0 Å². The van der Waals surface area contributed by atoms with Crippen molar-refractivity contribution >= 4 is 33.8 Å². The average molecular weight is 559 g/mol. The zero-order valence-electron chi connectivity index (χ0n) is 24.4. The van der Waals surface area contributed by atoms with Crippen molar-refractivity contribution in [3.8, 4) is 0 Å². The van der Waals surface area contributed by atoms with Gasteiger partial charge in [0.1, 0.15) is 5.82 Å². The Bertz CT molecular complexity index is 1890. The van der Waals surface area contributed by atoms with Gasteiger partial charge in [-0.05, 0) is 54.3 Å². The lowest BCUT2D eigenvalue weighted by Crippen LogP contribution is -2.28. The number of anilines is 1. The SMILES string of the molecule is CC1(C)C(c2c[nH]c3c2C(=O)CCC3)=Nc2ccccc21.CC1(C)c2ccccc2NC1c1c[nH]c2ccc(F)cc12. The number of carbonyl (C=O) groups is 1. The Balaban J connectivity index is 0.000000137. The first-order valence-corrected chi connectivity index (χ1v) is 14.7. The third-order valence-corrected chi connectivity index (χ3v) is 9.36. The Morgan fingerprint density at radius 1 is 0.881 bits per heavy atom. The maximum atomic E-state index is 13.6. The van der Waals surface area contributed by atoms with Crippen LogP contribution in [0.3, 0.4) is 0 Å². The van der Waals surface area contributed by atoms with E-state index in [4.69, 9.17) is 4.99 Å². The van der Waals surface area contributed by atoms with Crippen LogP contribution in [0, 0.1) is 5.82 Å². The third-order valence-electron chi connectivity index (χ3n) is 9.36. The van der Waals surface area contributed by atoms with Crippen LogP contribution in [0.1, 0.15) is 84.9 Å². The van der Waals surface area contributed by atoms with Crippen LogP contribution < -0.4 is 5.32 Å². The lowest BCUT2D eigenvalue weighted by molar-refractivity contribution is 0.0972. The summed E-state index contributed by atoms with van der Waals surface area (Å²) in [5.41, 5.74) is 10.6. The monoisotopic (exact) mass is 558 g/mol. The van der Waals surface area contributed by atoms with E-state index in [0.29, 0.717) is 6.42 Å². The highest BCUT2D eigenvalue weighted by atomic mass is 19.1. The summed E-state index contributed by atoms with van der Waals surface area (Å²) in [4.78, 5) is 23.7. The number of Topliss-reactive ketones (excluding diaryl/α,β-unsaturated/α-hetero) is 1. The number of hydrogen-bond donors (Lipinski definition) is 3. The minimum Gasteiger partial charge on any atom is -0.377 e. The fourth-order valence-electron chi connectivity index (χ4n) is 7.09. The molecule has 1 atom stereocenters. The zero-order valence-corrected chi connectivity index (χ0v) is 24.4. The molecule has 3 aromatic carbocycles. The first-order chi connectivity index (χ1) is 20.2. The number of rotatable bonds is 2. The lowest BCUT2D eigenvalue weighted by Gasteiger charge is -2.27. The number of para-hydroxylation sites is 2. The fraction of sp³-hybridized carbons (Fsp3) is 0.278. The summed E-state index contributed by atoms with van der Waals surface area (Å²) in [7, 11) is 0. The highest BCUT2D eigenvalue weighted by molar-refractivity contribution is 6.18. The summed E-state index contributed by atoms with van der Waals surface area (Å²) in [6, 6.07) is 21.7. The number of aromatic amines is 2. The van der Waals surface area contributed by atoms with Gasteiger partial charge in [0.05, 0.1) is 17.4 Å². The van der Waals surface area contributed by atoms with Gasteiger partial charge in [-0.25, -0.2) is 4.39 Å². The van der Waals surface area contributed by atoms with E-state index in [1.165, 1.54) is 22.9 Å². The molecular formula is C36H35FN4O. The molecule has 0 fully saturated rings. The number of fused-ring (bicyclic) bond motifs is 4. The van der Waals surface area contributed by atoms with Gasteiger partial charge < -0.3 is 15.3 Å². The standard InChI is InChI=1S/C18H17FN2.C18H18N2O/c1-18(2)14-5-3-4-6-16(14)21-17(18)13-10-20-15-8-7-11(19)9-12(13)15;1-18(2)12-6-3-4-7-13(12)20-17(18)11-10-19-14-8-5-9-15(21)16(11)14/h3-10,17,20-21H,1-2H3;3-4,6-7,10,19H,5,8-9H2,1-2H3. The second-order valence-electron chi connectivity index (χ2n) is 12.7. The van der Waals surface area contributed by atoms with Crippen LogP contribution in [0.5, 0.6) is 0 Å². The maximum absolute atomic E-state index is 13.6. The van der Waals surface area contributed by atoms with Gasteiger partial charge in [-0.2, -0.15) is 0 Å². The Morgan fingerprint density at radius 2 is 1.64 bits per heavy atom. The molecule has 0 amide bonds. The Kier molecular flexibility index (Phi) is 6.01. The van der Waals surface area contributed by atoms with Crippen molar-refractivity contribution in [3.63, 3.8) is 0 Å². The second-order valence-corrected chi connectivity index (χ2v) is 12.7. The highest BCUT2D eigenvalue weighted by Crippen LogP contribution is 2.49. The topological polar surface area (TPSA) is 73.0 Å². The molecule has 5 aromatic rings. The smallest absolute Gasteiger partial charge is 0.165 e. The first kappa shape index (κ1) is 26.4. The summed E-state index contributed by atoms with van der Waals surface area (Å²) in [5.74, 6) is 0.0543. The van der Waals surface area contributed by atoms with Crippen molar-refractivity contribution < 1.29 is 9.18 Å². The molecule has 0 spiro atoms. The van der Waals surface area contributed by atoms with E-state index in [9.17, 15) is 9.18 Å². The van der Waals surface area contributed by atoms with E-state index in [1.807, 2.05) is 30.6 Å². The number of benzene rings is 3. The number of hydrogen-bond acceptors (Lipinski definition) is 3. The van der Waals surface area contributed by atoms with Crippen molar-refractivity contribution in [2.45, 2.75) is 63.8 Å². The van der Waals surface area contributed by atoms with Crippen molar-refractivity contribution in [3.05, 3.63) is 118 Å². The number of nitrogens with zero attached hydrogens (tertiary/aromatic N) is 1. The number of carbonyl (C=O) groups excluding carboxylic acids is 1. The number of aryl methyl sites for hydroxylation is 1. The molecule has 0 bridgehead atoms. The van der Waals surface area contributed by atoms with Crippen LogP contribution in [-0.4, -0.2) is 21.5 Å². The molecule has 212 valence electrons. The molecular weight excluding hydrogens is 523 g/mol. The summed E-state index contributed by atoms with van der Waals surface area (Å²) in [6.07, 6.45) is 6.53. The minimum absolute atomic E-state index is 0.0436. The maximum Gasteiger partial charge on any atom is 0.165 e. The van der Waals surface area contributed by atoms with Gasteiger partial charge in [-0.15, -0.1) is 0 Å². The Labute approximate surface area is 245 Å². The fourth-order valence-corrected chi connectivity index (χ4v) is 7.09. The van der Waals surface area contributed by atoms with Gasteiger partial charge in [0.2, 0.25) is 0 Å². The molecule has 5 nitrogen and oxygen atoms in total. The molecule has 6 heteroatoms. The van der Waals surface area contributed by atoms with Crippen LogP contribution in [0.2, 0.25) is 0 Å². The minimum atomic E-state index is -0.198. The normalized spacial score (nSPS) is 19.3. The van der Waals surface area contributed by atoms with Gasteiger partial charge in [-0.1, -0.05) is 64.1 Å². The lowest BCUT2D eigenvalue weighted by atomic mass is 9.77. The Morgan fingerprint density at radius 3 is 2.43 bits per heavy atom. The molecule has 2 aromatic heterocycles. The molecule has 2 aliphatic heterocycles. The molecule has 4 heterocycles. The molecule has 0 saturated heterocycles. The van der Waals surface area contributed by atoms with Gasteiger partial charge in [0, 0.05) is 68.6 Å². The molecule has 3 aliphatic rings. The van der Waals surface area contributed by atoms with Crippen LogP contribution >= 0.6 is 0 Å². The van der Waals surface area contributed by atoms with E-state index in [0.717, 1.165) is 57.5 Å². The molecule has 3 N–H and O–H groups in total. The van der Waals surface area contributed by atoms with Gasteiger partial charge in [0.15, 0.2) is 5.78 Å². The number of halogens is 1. The predicted molar refractivity (Wildman–Crippen MR) is 168 cm³/mol. The van der Waals surface area contributed by atoms with Crippen LogP contribution in [-0.2, 0) is 17.3 Å². The van der Waals surface area contributed by atoms with Crippen molar-refractivity contribution in [2.75, 3.05) is 5.32 Å². The van der Waals surface area contributed by atoms with Gasteiger partial charge in [0.25, 0.3) is 0 Å². The number of aromatic nitrogens is 2. The summed E-state index contributed by atoms with van der Waals surface area (Å²) >= 11 is 0. The van der Waals surface area contributed by atoms with E-state index in [2.05, 4.69) is 73.3 Å². The van der Waals surface area contributed by atoms with Crippen LogP contribution in [0.4, 0.5) is 15.8 Å². The molecule has 42 heavy (non-hydrogen) atoms. The number of H-pyrrole nitrogens is 2. The summed E-state index contributed by atoms with van der Waals surface area (Å²) in [6.45, 7) is 8.83. The van der Waals surface area contributed by atoms with E-state index < -0.39 is 0 Å². The molecule has 0 radical (unpaired) electrons. The van der Waals surface area contributed by atoms with E-state index in [-0.39, 0.29) is 28.5 Å². The largest absolute Gasteiger partial charge is 0.377 e. The van der Waals surface area contributed by atoms with Crippen molar-refractivity contribution in [2.24, 2.45) is 4.99 Å². The van der Waals surface area contributed by atoms with Crippen LogP contribution in [0.25, 0.3) is 10.9 Å². The number of nitrogens with one attached hydrogen (secondary N) is 3. The average Bonchev–Trinajstić information content (AvgIpc) is 3.71. The number of aliphatic imine (C=N–C) groups is 1. The quantitative estimate of drug-likeness (QED) is 0.203. The van der Waals surface area contributed by atoms with E-state index >= 15 is 0 Å². The van der Waals surface area contributed by atoms with Crippen LogP contribution in [0.15, 0.2) is 84.1 Å². The van der Waals surface area contributed by atoms with E-state index in [1.54, 1.807) is 12.1 Å². The van der Waals surface area contributed by atoms with Gasteiger partial charge >= 0.3 is 0 Å². The third kappa shape index (κ3) is 4.04. The molecule has 0 saturated carbocycles. The summed E-state index contributed by atoms with van der Waals surface area (Å²) < 4.78 is 13.6. The van der Waals surface area contributed by atoms with Gasteiger partial charge in [-0.3, -0.25) is 9.79 Å². The Hall–Kier alpha value is -4.45. The zero-order chi connectivity index (χ0) is 29.2. The predicted octanol–water partition coefficient (Wildman–Crippen LogP) is 8.70. The second kappa shape index (κ2) is 9.55. The summed E-state index contributed by atoms with van der Waals surface area (Å²) in [5, 5.41) is 4.55. The highest BCUT2D eigenvalue weighted by Gasteiger charge is 2.41. The molecule has 8 rings (SSSR count). The molecule has 1 aliphatic carbocycles. The first-order valence-electron chi connectivity index (χ1n) is 14.7. The molecule has 1 unspecified atom stereocenters. The van der Waals surface area contributed by atoms with Crippen molar-refractivity contribution in [1.82, 2.24) is 9.97 Å².